The lowest BCUT2D eigenvalue weighted by atomic mass is 9.91. The fraction of sp³-hybridized carbons (Fsp3) is 0.909. The number of hydrogen-bond acceptors (Lipinski definition) is 2. The van der Waals surface area contributed by atoms with Crippen LogP contribution in [-0.4, -0.2) is 54.4 Å². The van der Waals surface area contributed by atoms with Crippen LogP contribution in [0.4, 0.5) is 8.78 Å². The summed E-state index contributed by atoms with van der Waals surface area (Å²) in [5.41, 5.74) is 0. The second-order valence-electron chi connectivity index (χ2n) is 4.76. The van der Waals surface area contributed by atoms with E-state index in [1.807, 2.05) is 0 Å². The number of halogens is 2. The van der Waals surface area contributed by atoms with Crippen molar-refractivity contribution < 1.29 is 13.6 Å². The number of hydrogen-bond donors (Lipinski definition) is 0. The molecule has 1 saturated heterocycles. The minimum absolute atomic E-state index is 0.0194. The lowest BCUT2D eigenvalue weighted by Crippen LogP contribution is -2.51. The summed E-state index contributed by atoms with van der Waals surface area (Å²) < 4.78 is 26.0. The van der Waals surface area contributed by atoms with Gasteiger partial charge in [-0.25, -0.2) is 8.78 Å². The second kappa shape index (κ2) is 4.65. The molecule has 0 unspecified atom stereocenters. The van der Waals surface area contributed by atoms with Crippen molar-refractivity contribution in [1.82, 2.24) is 9.80 Å². The lowest BCUT2D eigenvalue weighted by molar-refractivity contribution is -0.120. The van der Waals surface area contributed by atoms with Crippen LogP contribution in [0.5, 0.6) is 0 Å². The van der Waals surface area contributed by atoms with E-state index >= 15 is 0 Å². The molecule has 0 N–H and O–H groups in total. The molecule has 1 aliphatic heterocycles. The van der Waals surface area contributed by atoms with Gasteiger partial charge in [0.1, 0.15) is 0 Å². The van der Waals surface area contributed by atoms with Gasteiger partial charge in [-0.2, -0.15) is 0 Å². The zero-order valence-electron chi connectivity index (χ0n) is 9.37. The number of rotatable bonds is 2. The average Bonchev–Trinajstić information content (AvgIpc) is 2.29. The van der Waals surface area contributed by atoms with Gasteiger partial charge in [0, 0.05) is 45.1 Å². The predicted octanol–water partition coefficient (Wildman–Crippen LogP) is 1.34. The van der Waals surface area contributed by atoms with Gasteiger partial charge < -0.3 is 4.90 Å². The van der Waals surface area contributed by atoms with E-state index in [-0.39, 0.29) is 12.8 Å². The molecule has 1 heterocycles. The lowest BCUT2D eigenvalue weighted by Gasteiger charge is -2.41. The summed E-state index contributed by atoms with van der Waals surface area (Å²) in [6.45, 7) is 3.12. The van der Waals surface area contributed by atoms with Gasteiger partial charge in [0.2, 0.25) is 12.3 Å². The van der Waals surface area contributed by atoms with Crippen molar-refractivity contribution in [2.75, 3.05) is 26.2 Å². The van der Waals surface area contributed by atoms with Crippen LogP contribution in [0, 0.1) is 0 Å². The summed E-state index contributed by atoms with van der Waals surface area (Å²) >= 11 is 0. The summed E-state index contributed by atoms with van der Waals surface area (Å²) in [5.74, 6) is -2.44. The molecule has 0 aromatic heterocycles. The van der Waals surface area contributed by atoms with Crippen molar-refractivity contribution >= 4 is 6.41 Å². The molecule has 5 heteroatoms. The molecule has 16 heavy (non-hydrogen) atoms. The molecule has 0 atom stereocenters. The van der Waals surface area contributed by atoms with E-state index < -0.39 is 5.92 Å². The van der Waals surface area contributed by atoms with Crippen LogP contribution in [0.2, 0.25) is 0 Å². The first-order valence-corrected chi connectivity index (χ1v) is 5.92. The molecule has 2 aliphatic rings. The van der Waals surface area contributed by atoms with E-state index in [4.69, 9.17) is 0 Å². The SMILES string of the molecule is O=CN1CCN(C2CCC(F)(F)CC2)CC1. The molecule has 2 rings (SSSR count). The van der Waals surface area contributed by atoms with Crippen molar-refractivity contribution in [2.45, 2.75) is 37.6 Å². The third kappa shape index (κ3) is 2.70. The van der Waals surface area contributed by atoms with Crippen molar-refractivity contribution in [3.8, 4) is 0 Å². The fourth-order valence-electron chi connectivity index (χ4n) is 2.60. The topological polar surface area (TPSA) is 23.6 Å². The largest absolute Gasteiger partial charge is 0.343 e. The Morgan fingerprint density at radius 1 is 1.06 bits per heavy atom. The monoisotopic (exact) mass is 232 g/mol. The zero-order chi connectivity index (χ0) is 11.6. The van der Waals surface area contributed by atoms with Crippen LogP contribution in [0.1, 0.15) is 25.7 Å². The van der Waals surface area contributed by atoms with Gasteiger partial charge in [0.05, 0.1) is 0 Å². The van der Waals surface area contributed by atoms with Crippen molar-refractivity contribution in [3.63, 3.8) is 0 Å². The Morgan fingerprint density at radius 2 is 1.62 bits per heavy atom. The maximum Gasteiger partial charge on any atom is 0.248 e. The number of alkyl halides is 2. The Labute approximate surface area is 94.4 Å². The van der Waals surface area contributed by atoms with E-state index in [0.717, 1.165) is 32.6 Å². The fourth-order valence-corrected chi connectivity index (χ4v) is 2.60. The van der Waals surface area contributed by atoms with Crippen LogP contribution >= 0.6 is 0 Å². The Kier molecular flexibility index (Phi) is 3.42. The maximum absolute atomic E-state index is 13.0. The Balaban J connectivity index is 1.80. The van der Waals surface area contributed by atoms with Gasteiger partial charge in [-0.1, -0.05) is 0 Å². The number of amides is 1. The summed E-state index contributed by atoms with van der Waals surface area (Å²) in [4.78, 5) is 14.5. The van der Waals surface area contributed by atoms with Crippen LogP contribution in [0.25, 0.3) is 0 Å². The van der Waals surface area contributed by atoms with Gasteiger partial charge in [-0.3, -0.25) is 9.69 Å². The first-order chi connectivity index (χ1) is 7.61. The van der Waals surface area contributed by atoms with Gasteiger partial charge in [-0.15, -0.1) is 0 Å². The number of carbonyl (C=O) groups excluding carboxylic acids is 1. The van der Waals surface area contributed by atoms with Crippen molar-refractivity contribution in [2.24, 2.45) is 0 Å². The minimum atomic E-state index is -2.44. The van der Waals surface area contributed by atoms with Gasteiger partial charge in [0.25, 0.3) is 0 Å². The van der Waals surface area contributed by atoms with E-state index in [0.29, 0.717) is 18.9 Å². The van der Waals surface area contributed by atoms with Crippen LogP contribution in [0.3, 0.4) is 0 Å². The highest BCUT2D eigenvalue weighted by Gasteiger charge is 2.37. The molecule has 1 aliphatic carbocycles. The Bertz CT molecular complexity index is 242. The average molecular weight is 232 g/mol. The molecule has 3 nitrogen and oxygen atoms in total. The van der Waals surface area contributed by atoms with E-state index in [1.165, 1.54) is 0 Å². The Morgan fingerprint density at radius 3 is 2.12 bits per heavy atom. The molecular weight excluding hydrogens is 214 g/mol. The molecule has 0 radical (unpaired) electrons. The summed E-state index contributed by atoms with van der Waals surface area (Å²) in [7, 11) is 0. The Hall–Kier alpha value is -0.710. The normalized spacial score (nSPS) is 28.0. The molecule has 0 bridgehead atoms. The van der Waals surface area contributed by atoms with Crippen molar-refractivity contribution in [3.05, 3.63) is 0 Å². The first-order valence-electron chi connectivity index (χ1n) is 5.92. The standard InChI is InChI=1S/C11H18F2N2O/c12-11(13)3-1-10(2-4-11)15-7-5-14(9-16)6-8-15/h9-10H,1-8H2. The smallest absolute Gasteiger partial charge is 0.248 e. The molecule has 1 saturated carbocycles. The zero-order valence-corrected chi connectivity index (χ0v) is 9.37. The molecule has 0 spiro atoms. The molecule has 2 fully saturated rings. The van der Waals surface area contributed by atoms with Crippen molar-refractivity contribution in [1.29, 1.82) is 0 Å². The number of carbonyl (C=O) groups is 1. The second-order valence-corrected chi connectivity index (χ2v) is 4.76. The quantitative estimate of drug-likeness (QED) is 0.671. The number of piperazine rings is 1. The summed E-state index contributed by atoms with van der Waals surface area (Å²) in [6, 6.07) is 0.299. The summed E-state index contributed by atoms with van der Waals surface area (Å²) in [5, 5.41) is 0. The summed E-state index contributed by atoms with van der Waals surface area (Å²) in [6.07, 6.45) is 2.09. The molecule has 0 aromatic carbocycles. The van der Waals surface area contributed by atoms with Gasteiger partial charge in [-0.05, 0) is 12.8 Å². The number of nitrogens with zero attached hydrogens (tertiary/aromatic N) is 2. The van der Waals surface area contributed by atoms with Gasteiger partial charge >= 0.3 is 0 Å². The molecule has 1 amide bonds. The van der Waals surface area contributed by atoms with E-state index in [1.54, 1.807) is 4.90 Å². The van der Waals surface area contributed by atoms with Crippen LogP contribution in [0.15, 0.2) is 0 Å². The van der Waals surface area contributed by atoms with Gasteiger partial charge in [0.15, 0.2) is 0 Å². The third-order valence-electron chi connectivity index (χ3n) is 3.70. The first kappa shape index (κ1) is 11.8. The third-order valence-corrected chi connectivity index (χ3v) is 3.70. The highest BCUT2D eigenvalue weighted by Crippen LogP contribution is 2.35. The molecule has 92 valence electrons. The molecular formula is C11H18F2N2O. The predicted molar refractivity (Wildman–Crippen MR) is 56.4 cm³/mol. The highest BCUT2D eigenvalue weighted by atomic mass is 19.3. The minimum Gasteiger partial charge on any atom is -0.343 e. The van der Waals surface area contributed by atoms with Crippen LogP contribution in [-0.2, 0) is 4.79 Å². The van der Waals surface area contributed by atoms with E-state index in [2.05, 4.69) is 4.90 Å². The molecule has 0 aromatic rings. The van der Waals surface area contributed by atoms with E-state index in [9.17, 15) is 13.6 Å². The van der Waals surface area contributed by atoms with Crippen LogP contribution < -0.4 is 0 Å². The maximum atomic E-state index is 13.0. The highest BCUT2D eigenvalue weighted by molar-refractivity contribution is 5.47.